The summed E-state index contributed by atoms with van der Waals surface area (Å²) in [5.41, 5.74) is 2.59. The lowest BCUT2D eigenvalue weighted by Crippen LogP contribution is -2.44. The van der Waals surface area contributed by atoms with E-state index >= 15 is 0 Å². The summed E-state index contributed by atoms with van der Waals surface area (Å²) in [6, 6.07) is 7.69. The first-order chi connectivity index (χ1) is 15.3. The minimum Gasteiger partial charge on any atom is -0.493 e. The highest BCUT2D eigenvalue weighted by Crippen LogP contribution is 2.48. The molecule has 0 radical (unpaired) electrons. The van der Waals surface area contributed by atoms with Gasteiger partial charge in [-0.05, 0) is 38.2 Å². The average Bonchev–Trinajstić information content (AvgIpc) is 2.73. The van der Waals surface area contributed by atoms with Crippen LogP contribution in [0.3, 0.4) is 0 Å². The molecule has 1 fully saturated rings. The molecule has 1 aliphatic heterocycles. The number of ketones is 1. The van der Waals surface area contributed by atoms with Crippen LogP contribution in [0.2, 0.25) is 0 Å². The summed E-state index contributed by atoms with van der Waals surface area (Å²) in [6.07, 6.45) is 2.04. The molecule has 174 valence electrons. The van der Waals surface area contributed by atoms with Crippen LogP contribution in [0.1, 0.15) is 65.4 Å². The second-order valence-corrected chi connectivity index (χ2v) is 9.26. The molecule has 2 aliphatic rings. The smallest absolute Gasteiger partial charge is 0.336 e. The lowest BCUT2D eigenvalue weighted by Gasteiger charge is -2.41. The Kier molecular flexibility index (Phi) is 7.88. The van der Waals surface area contributed by atoms with Crippen LogP contribution in [0.25, 0.3) is 0 Å². The number of fused-ring (bicyclic) bond motifs is 1. The first-order valence-corrected chi connectivity index (χ1v) is 11.6. The predicted molar refractivity (Wildman–Crippen MR) is 124 cm³/mol. The van der Waals surface area contributed by atoms with E-state index in [0.29, 0.717) is 43.3 Å². The van der Waals surface area contributed by atoms with Crippen LogP contribution in [-0.4, -0.2) is 43.9 Å². The summed E-state index contributed by atoms with van der Waals surface area (Å²) in [6.45, 7) is 11.6. The van der Waals surface area contributed by atoms with Gasteiger partial charge in [-0.15, -0.1) is 0 Å². The molecule has 0 amide bonds. The van der Waals surface area contributed by atoms with Crippen molar-refractivity contribution in [3.63, 3.8) is 0 Å². The van der Waals surface area contributed by atoms with Gasteiger partial charge in [-0.1, -0.05) is 39.0 Å². The number of Topliss-reactive ketones (excluding diaryl/α,β-unsaturated/α-hetero) is 1. The molecule has 0 aromatic heterocycles. The summed E-state index contributed by atoms with van der Waals surface area (Å²) in [5, 5.41) is 0. The number of esters is 1. The van der Waals surface area contributed by atoms with Crippen molar-refractivity contribution in [2.75, 3.05) is 26.4 Å². The number of carbonyl (C=O) groups is 2. The molecule has 6 heteroatoms. The Morgan fingerprint density at radius 2 is 1.84 bits per heavy atom. The van der Waals surface area contributed by atoms with Crippen molar-refractivity contribution in [1.82, 2.24) is 0 Å². The van der Waals surface area contributed by atoms with Gasteiger partial charge in [0.2, 0.25) is 0 Å². The highest BCUT2D eigenvalue weighted by Gasteiger charge is 2.48. The van der Waals surface area contributed by atoms with Crippen molar-refractivity contribution in [2.24, 2.45) is 16.3 Å². The van der Waals surface area contributed by atoms with Gasteiger partial charge in [0.25, 0.3) is 0 Å². The van der Waals surface area contributed by atoms with Crippen LogP contribution in [0.15, 0.2) is 40.5 Å². The van der Waals surface area contributed by atoms with E-state index in [2.05, 4.69) is 13.8 Å². The molecular formula is C26H35NO5. The lowest BCUT2D eigenvalue weighted by atomic mass is 9.63. The number of hydrogen-bond donors (Lipinski definition) is 0. The maximum absolute atomic E-state index is 13.4. The fourth-order valence-electron chi connectivity index (χ4n) is 4.69. The fraction of sp³-hybridized carbons (Fsp3) is 0.577. The minimum absolute atomic E-state index is 0.113. The predicted octanol–water partition coefficient (Wildman–Crippen LogP) is 4.87. The maximum Gasteiger partial charge on any atom is 0.336 e. The van der Waals surface area contributed by atoms with Gasteiger partial charge in [0.05, 0.1) is 24.7 Å². The standard InChI is InChI=1S/C26H35NO5/c1-6-12-31-21-11-9-8-10-18(21)23-22(25(29)32-14-13-30-7-2)17(3)27-19-15-26(4,5)16-20(28)24(19)23/h8-11,23-24H,6-7,12-16H2,1-5H3/t23-,24?/m1/s1. The molecule has 0 bridgehead atoms. The van der Waals surface area contributed by atoms with Crippen molar-refractivity contribution in [1.29, 1.82) is 0 Å². The van der Waals surface area contributed by atoms with Crippen LogP contribution in [0.5, 0.6) is 5.75 Å². The zero-order valence-electron chi connectivity index (χ0n) is 19.9. The number of hydrogen-bond acceptors (Lipinski definition) is 6. The average molecular weight is 442 g/mol. The van der Waals surface area contributed by atoms with Gasteiger partial charge in [0.1, 0.15) is 18.1 Å². The van der Waals surface area contributed by atoms with Gasteiger partial charge in [0.15, 0.2) is 0 Å². The molecule has 32 heavy (non-hydrogen) atoms. The molecule has 1 aliphatic carbocycles. The Morgan fingerprint density at radius 3 is 2.56 bits per heavy atom. The molecule has 2 atom stereocenters. The number of rotatable bonds is 9. The third-order valence-corrected chi connectivity index (χ3v) is 5.96. The number of benzene rings is 1. The first-order valence-electron chi connectivity index (χ1n) is 11.6. The Morgan fingerprint density at radius 1 is 1.09 bits per heavy atom. The van der Waals surface area contributed by atoms with Crippen LogP contribution in [-0.2, 0) is 19.1 Å². The Labute approximate surface area is 191 Å². The van der Waals surface area contributed by atoms with Crippen molar-refractivity contribution in [3.8, 4) is 5.75 Å². The van der Waals surface area contributed by atoms with Crippen LogP contribution < -0.4 is 4.74 Å². The highest BCUT2D eigenvalue weighted by atomic mass is 16.6. The van der Waals surface area contributed by atoms with Gasteiger partial charge in [0, 0.05) is 35.9 Å². The molecule has 1 saturated carbocycles. The summed E-state index contributed by atoms with van der Waals surface area (Å²) < 4.78 is 16.9. The molecule has 0 saturated heterocycles. The van der Waals surface area contributed by atoms with Gasteiger partial charge >= 0.3 is 5.97 Å². The van der Waals surface area contributed by atoms with Crippen molar-refractivity contribution in [3.05, 3.63) is 41.1 Å². The third-order valence-electron chi connectivity index (χ3n) is 5.96. The largest absolute Gasteiger partial charge is 0.493 e. The summed E-state index contributed by atoms with van der Waals surface area (Å²) >= 11 is 0. The van der Waals surface area contributed by atoms with E-state index < -0.39 is 17.8 Å². The molecule has 0 N–H and O–H groups in total. The van der Waals surface area contributed by atoms with Gasteiger partial charge in [-0.2, -0.15) is 0 Å². The molecule has 1 heterocycles. The Bertz CT molecular complexity index is 915. The number of aliphatic imine (C=N–C) groups is 1. The molecule has 3 rings (SSSR count). The van der Waals surface area contributed by atoms with E-state index in [1.165, 1.54) is 0 Å². The summed E-state index contributed by atoms with van der Waals surface area (Å²) in [7, 11) is 0. The number of allylic oxidation sites excluding steroid dienone is 1. The Hall–Kier alpha value is -2.47. The van der Waals surface area contributed by atoms with E-state index in [0.717, 1.165) is 24.1 Å². The van der Waals surface area contributed by atoms with Crippen LogP contribution in [0.4, 0.5) is 0 Å². The van der Waals surface area contributed by atoms with E-state index in [-0.39, 0.29) is 17.8 Å². The highest BCUT2D eigenvalue weighted by molar-refractivity contribution is 6.12. The SMILES string of the molecule is CCCOc1ccccc1[C@@H]1C(C(=O)OCCOCC)=C(C)N=C2CC(C)(C)CC(=O)C21. The number of nitrogens with zero attached hydrogens (tertiary/aromatic N) is 1. The van der Waals surface area contributed by atoms with E-state index in [4.69, 9.17) is 19.2 Å². The van der Waals surface area contributed by atoms with Crippen molar-refractivity contribution < 1.29 is 23.8 Å². The van der Waals surface area contributed by atoms with Crippen molar-refractivity contribution >= 4 is 17.5 Å². The summed E-state index contributed by atoms with van der Waals surface area (Å²) in [4.78, 5) is 31.4. The first kappa shape index (κ1) is 24.2. The number of ether oxygens (including phenoxy) is 3. The zero-order chi connectivity index (χ0) is 23.3. The third kappa shape index (κ3) is 5.29. The van der Waals surface area contributed by atoms with E-state index in [9.17, 15) is 9.59 Å². The van der Waals surface area contributed by atoms with Crippen LogP contribution in [0, 0.1) is 11.3 Å². The topological polar surface area (TPSA) is 74.2 Å². The maximum atomic E-state index is 13.4. The number of carbonyl (C=O) groups excluding carboxylic acids is 2. The molecule has 1 aromatic rings. The van der Waals surface area contributed by atoms with Crippen LogP contribution >= 0.6 is 0 Å². The molecule has 1 aromatic carbocycles. The Balaban J connectivity index is 2.07. The second-order valence-electron chi connectivity index (χ2n) is 9.26. The molecular weight excluding hydrogens is 406 g/mol. The zero-order valence-corrected chi connectivity index (χ0v) is 19.9. The second kappa shape index (κ2) is 10.4. The van der Waals surface area contributed by atoms with E-state index in [1.807, 2.05) is 45.0 Å². The fourth-order valence-corrected chi connectivity index (χ4v) is 4.69. The summed E-state index contributed by atoms with van der Waals surface area (Å²) in [5.74, 6) is -0.586. The van der Waals surface area contributed by atoms with E-state index in [1.54, 1.807) is 0 Å². The minimum atomic E-state index is -0.479. The quantitative estimate of drug-likeness (QED) is 0.404. The molecule has 6 nitrogen and oxygen atoms in total. The molecule has 0 spiro atoms. The normalized spacial score (nSPS) is 22.3. The van der Waals surface area contributed by atoms with Gasteiger partial charge < -0.3 is 14.2 Å². The van der Waals surface area contributed by atoms with Gasteiger partial charge in [-0.3, -0.25) is 9.79 Å². The monoisotopic (exact) mass is 441 g/mol. The van der Waals surface area contributed by atoms with Gasteiger partial charge in [-0.25, -0.2) is 4.79 Å². The lowest BCUT2D eigenvalue weighted by molar-refractivity contribution is -0.141. The molecule has 1 unspecified atom stereocenters. The number of para-hydroxylation sites is 1. The van der Waals surface area contributed by atoms with Crippen molar-refractivity contribution in [2.45, 2.75) is 59.8 Å².